The highest BCUT2D eigenvalue weighted by atomic mass is 32.7. The zero-order chi connectivity index (χ0) is 63.2. The van der Waals surface area contributed by atoms with Gasteiger partial charge in [0.05, 0.1) is 25.3 Å². The number of rotatable bonds is 22. The summed E-state index contributed by atoms with van der Waals surface area (Å²) in [4.78, 5) is 110. The predicted molar refractivity (Wildman–Crippen MR) is 305 cm³/mol. The molecule has 0 saturated carbocycles. The molecule has 0 aromatic carbocycles. The molecule has 4 saturated heterocycles. The van der Waals surface area contributed by atoms with Crippen molar-refractivity contribution < 1.29 is 101 Å². The average molecular weight is 1400 g/mol. The van der Waals surface area contributed by atoms with Crippen LogP contribution in [0.3, 0.4) is 0 Å². The van der Waals surface area contributed by atoms with E-state index in [0.29, 0.717) is 0 Å². The lowest BCUT2D eigenvalue weighted by atomic mass is 10.1. The highest BCUT2D eigenvalue weighted by Crippen LogP contribution is 2.61. The molecule has 0 radical (unpaired) electrons. The fourth-order valence-electron chi connectivity index (χ4n) is 10.1. The topological polar surface area (TPSA) is 591 Å². The van der Waals surface area contributed by atoms with E-state index in [2.05, 4.69) is 72.1 Å². The van der Waals surface area contributed by atoms with E-state index in [1.54, 1.807) is 0 Å². The van der Waals surface area contributed by atoms with Gasteiger partial charge in [0.2, 0.25) is 0 Å². The normalized spacial score (nSPS) is 31.3. The van der Waals surface area contributed by atoms with Crippen molar-refractivity contribution in [3.05, 3.63) is 50.6 Å². The van der Waals surface area contributed by atoms with E-state index in [-0.39, 0.29) is 67.9 Å². The molecule has 0 amide bonds. The Morgan fingerprint density at radius 3 is 1.04 bits per heavy atom. The quantitative estimate of drug-likeness (QED) is 0.0222. The summed E-state index contributed by atoms with van der Waals surface area (Å²) in [5.41, 5.74) is 24.7. The van der Waals surface area contributed by atoms with E-state index in [1.807, 2.05) is 0 Å². The third-order valence-corrected chi connectivity index (χ3v) is 19.7. The number of aromatic nitrogens is 16. The van der Waals surface area contributed by atoms with Crippen molar-refractivity contribution in [2.75, 3.05) is 49.4 Å². The smallest absolute Gasteiger partial charge is 0.287 e. The molecule has 89 heavy (non-hydrogen) atoms. The summed E-state index contributed by atoms with van der Waals surface area (Å²) >= 11 is 20.5. The van der Waals surface area contributed by atoms with Crippen molar-refractivity contribution in [2.24, 2.45) is 0 Å². The first-order valence-corrected chi connectivity index (χ1v) is 35.8. The van der Waals surface area contributed by atoms with Crippen molar-refractivity contribution in [3.63, 3.8) is 0 Å². The molecule has 480 valence electrons. The summed E-state index contributed by atoms with van der Waals surface area (Å²) in [7, 11) is -18.9. The van der Waals surface area contributed by atoms with Crippen molar-refractivity contribution in [1.29, 1.82) is 0 Å². The summed E-state index contributed by atoms with van der Waals surface area (Å²) in [6, 6.07) is 0. The number of nitrogens with two attached hydrogens (primary N) is 4. The van der Waals surface area contributed by atoms with Crippen LogP contribution in [0, 0.1) is 0 Å². The summed E-state index contributed by atoms with van der Waals surface area (Å²) in [5.74, 6) is -0.127. The second-order valence-corrected chi connectivity index (χ2v) is 30.6. The number of ether oxygens (including phenoxy) is 4. The molecular weight excluding hydrogens is 1350 g/mol. The van der Waals surface area contributed by atoms with Crippen molar-refractivity contribution >= 4 is 146 Å². The van der Waals surface area contributed by atoms with Crippen LogP contribution in [0.25, 0.3) is 44.7 Å². The standard InChI is InChI=1S/C40H50N20O21P4S4/c41-29-17-33(49-5-45-29)57(9-53-17)37-25(65)21(61)13(75-37)2-72-83(68,87)80-27-23(63)15(77-39(27)59-11-55-19-31(43)47-7-51-35(19)59)4-74-85(70,89)81-28-24(64)16(78-40(28)60-12-56-20-32(44)48-8-52-36(20)60)3-73-84(69,88)79-26-22(62)14(1-71-82(66,67)86)76-38(26)58-10-54-18-30(42)46-6-50-34(18)58/h5-16,21-28,37-40,61-65H,1-4H2,(H,68,87)(H,69,88)(H,70,89)(H2,41,45,49)(H2,42,46,50)(H2,43,47,51)(H2,44,48,52)(H2,66,67,86)/p-3/t13-,14-,15-,16-,21-,22-,23-,24-,25-,26-,27-,28-,37-,38-,39-,40-,83?,84?,85?/m1/s1. The number of nitrogen functional groups attached to an aromatic ring is 4. The second-order valence-electron chi connectivity index (χ2n) is 19.8. The van der Waals surface area contributed by atoms with Gasteiger partial charge in [-0.3, -0.25) is 22.8 Å². The Hall–Kier alpha value is -4.32. The van der Waals surface area contributed by atoms with Crippen LogP contribution in [-0.4, -0.2) is 213 Å². The van der Waals surface area contributed by atoms with Crippen LogP contribution in [-0.2, 0) is 99.6 Å². The molecule has 8 aromatic heterocycles. The maximum absolute atomic E-state index is 14.1. The van der Waals surface area contributed by atoms with Gasteiger partial charge in [-0.05, 0) is 0 Å². The first-order chi connectivity index (χ1) is 42.2. The zero-order valence-corrected chi connectivity index (χ0v) is 51.3. The molecule has 12 rings (SSSR count). The van der Waals surface area contributed by atoms with Crippen LogP contribution in [0.5, 0.6) is 0 Å². The van der Waals surface area contributed by atoms with Crippen LogP contribution >= 0.6 is 28.6 Å². The van der Waals surface area contributed by atoms with Crippen molar-refractivity contribution in [2.45, 2.75) is 98.2 Å². The highest BCUT2D eigenvalue weighted by molar-refractivity contribution is 8.36. The summed E-state index contributed by atoms with van der Waals surface area (Å²) in [5, 5.41) is 57.4. The van der Waals surface area contributed by atoms with Crippen LogP contribution in [0.4, 0.5) is 23.3 Å². The number of anilines is 4. The van der Waals surface area contributed by atoms with E-state index in [4.69, 9.17) is 110 Å². The van der Waals surface area contributed by atoms with Crippen LogP contribution in [0.15, 0.2) is 50.6 Å². The first kappa shape index (κ1) is 64.8. The SMILES string of the molecule is Nc1ncnc2c1ncn2[C@@H]1O[C@H](CO[P+]([O-])([S-])O[C@@H]2[C@H](O)[C@@H](CO[P+](O)([S-])O[C@@H]3[C@H](O)[C@@H](CO[P+](O)([S-])O[C@@H]4[C@H](O)[C@@H](CO[P+]([O-])([O-])[S-])O[C@H]4n4cnc5c(N)ncnc54)O[C@H]3n3cnc4c(N)ncnc43)O[C@H]2n2cnc3c(N)ncnc32)[C@@H](O)[C@H]1O. The molecule has 4 fully saturated rings. The molecule has 41 nitrogen and oxygen atoms in total. The maximum atomic E-state index is 14.1. The molecule has 8 aromatic rings. The third-order valence-electron chi connectivity index (χ3n) is 14.3. The van der Waals surface area contributed by atoms with E-state index in [0.717, 1.165) is 25.3 Å². The van der Waals surface area contributed by atoms with Gasteiger partial charge in [-0.25, -0.2) is 78.6 Å². The molecule has 19 atom stereocenters. The lowest BCUT2D eigenvalue weighted by molar-refractivity contribution is -0.325. The van der Waals surface area contributed by atoms with Gasteiger partial charge in [-0.15, -0.1) is 0 Å². The Bertz CT molecular complexity index is 3870. The Morgan fingerprint density at radius 1 is 0.404 bits per heavy atom. The first-order valence-electron chi connectivity index (χ1n) is 25.5. The lowest BCUT2D eigenvalue weighted by Gasteiger charge is -2.41. The van der Waals surface area contributed by atoms with E-state index < -0.39 is 153 Å². The van der Waals surface area contributed by atoms with Crippen molar-refractivity contribution in [1.82, 2.24) is 78.1 Å². The summed E-state index contributed by atoms with van der Waals surface area (Å²) < 4.78 is 68.7. The van der Waals surface area contributed by atoms with Gasteiger partial charge >= 0.3 is 0 Å². The molecule has 3 unspecified atom stereocenters. The van der Waals surface area contributed by atoms with Crippen LogP contribution in [0.1, 0.15) is 24.9 Å². The van der Waals surface area contributed by atoms with E-state index >= 15 is 0 Å². The highest BCUT2D eigenvalue weighted by Gasteiger charge is 2.56. The Morgan fingerprint density at radius 2 is 0.697 bits per heavy atom. The van der Waals surface area contributed by atoms with Gasteiger partial charge in [0.25, 0.3) is 14.3 Å². The van der Waals surface area contributed by atoms with Gasteiger partial charge < -0.3 is 131 Å². The largest absolute Gasteiger partial charge is 0.676 e. The third kappa shape index (κ3) is 13.1. The molecule has 0 spiro atoms. The number of aliphatic hydroxyl groups is 5. The number of aliphatic hydroxyl groups excluding tert-OH is 5. The van der Waals surface area contributed by atoms with Gasteiger partial charge in [-0.2, -0.15) is 18.1 Å². The molecule has 4 aliphatic heterocycles. The minimum atomic E-state index is -4.80. The molecule has 15 N–H and O–H groups in total. The number of nitrogens with zero attached hydrogens (tertiary/aromatic N) is 16. The Labute approximate surface area is 519 Å². The minimum Gasteiger partial charge on any atom is -0.676 e. The fraction of sp³-hybridized carbons (Fsp3) is 0.500. The van der Waals surface area contributed by atoms with E-state index in [1.165, 1.54) is 43.6 Å². The second kappa shape index (κ2) is 25.2. The van der Waals surface area contributed by atoms with Crippen molar-refractivity contribution in [3.8, 4) is 0 Å². The lowest BCUT2D eigenvalue weighted by Crippen LogP contribution is -2.39. The molecule has 0 bridgehead atoms. The number of fused-ring (bicyclic) bond motifs is 4. The van der Waals surface area contributed by atoms with Crippen LogP contribution in [0.2, 0.25) is 0 Å². The molecule has 12 heterocycles. The van der Waals surface area contributed by atoms with Gasteiger partial charge in [0, 0.05) is 0 Å². The molecule has 49 heteroatoms. The average Bonchev–Trinajstić information content (AvgIpc) is 1.70. The van der Waals surface area contributed by atoms with E-state index in [9.17, 15) is 50.0 Å². The number of imidazole rings is 4. The zero-order valence-electron chi connectivity index (χ0n) is 44.4. The fourth-order valence-corrected chi connectivity index (χ4v) is 14.9. The van der Waals surface area contributed by atoms with Gasteiger partial charge in [-0.1, -0.05) is 7.15 Å². The predicted octanol–water partition coefficient (Wildman–Crippen LogP) is -5.75. The van der Waals surface area contributed by atoms with Crippen LogP contribution < -0.4 is 37.6 Å². The maximum Gasteiger partial charge on any atom is 0.287 e. The number of hydrogen-bond donors (Lipinski definition) is 11. The monoisotopic (exact) mass is 1400 g/mol. The minimum absolute atomic E-state index is 0.0240. The molecule has 4 aliphatic rings. The molecule has 0 aliphatic carbocycles. The Balaban J connectivity index is 0.749. The number of hydrogen-bond acceptors (Lipinski definition) is 41. The van der Waals surface area contributed by atoms with Gasteiger partial charge in [0.15, 0.2) is 89.1 Å². The molecular formula is C40H47N20O21P4S4-3. The Kier molecular flexibility index (Phi) is 18.3. The van der Waals surface area contributed by atoms with Gasteiger partial charge in [0.1, 0.15) is 136 Å². The summed E-state index contributed by atoms with van der Waals surface area (Å²) in [6.45, 7) is -3.22. The summed E-state index contributed by atoms with van der Waals surface area (Å²) in [6.07, 6.45) is -16.7.